The molecular formula is C30H48O5. The lowest BCUT2D eigenvalue weighted by atomic mass is 9.33. The molecule has 11 atom stereocenters. The van der Waals surface area contributed by atoms with E-state index in [1.165, 1.54) is 5.57 Å². The zero-order valence-electron chi connectivity index (χ0n) is 22.9. The van der Waals surface area contributed by atoms with E-state index < -0.39 is 29.2 Å². The predicted octanol–water partition coefficient (Wildman–Crippen LogP) is 5.18. The van der Waals surface area contributed by atoms with Crippen LogP contribution in [0.3, 0.4) is 0 Å². The monoisotopic (exact) mass is 488 g/mol. The molecule has 4 N–H and O–H groups in total. The van der Waals surface area contributed by atoms with E-state index in [-0.39, 0.29) is 33.5 Å². The molecule has 0 aromatic rings. The molecule has 4 fully saturated rings. The van der Waals surface area contributed by atoms with E-state index in [9.17, 15) is 25.2 Å². The van der Waals surface area contributed by atoms with Gasteiger partial charge < -0.3 is 20.4 Å². The number of aliphatic carboxylic acids is 1. The maximum Gasteiger partial charge on any atom is 0.310 e. The van der Waals surface area contributed by atoms with Crippen molar-refractivity contribution in [1.82, 2.24) is 0 Å². The van der Waals surface area contributed by atoms with Crippen molar-refractivity contribution in [1.29, 1.82) is 0 Å². The molecule has 35 heavy (non-hydrogen) atoms. The van der Waals surface area contributed by atoms with Gasteiger partial charge in [0.1, 0.15) is 0 Å². The third-order valence-corrected chi connectivity index (χ3v) is 13.4. The second-order valence-corrected chi connectivity index (χ2v) is 14.9. The zero-order valence-corrected chi connectivity index (χ0v) is 22.9. The molecule has 5 rings (SSSR count). The number of carboxylic acids is 1. The van der Waals surface area contributed by atoms with E-state index >= 15 is 0 Å². The Bertz CT molecular complexity index is 952. The molecule has 0 heterocycles. The fourth-order valence-electron chi connectivity index (χ4n) is 11.0. The van der Waals surface area contributed by atoms with Crippen molar-refractivity contribution in [3.8, 4) is 0 Å². The Morgan fingerprint density at radius 1 is 0.943 bits per heavy atom. The number of aliphatic hydroxyl groups excluding tert-OH is 2. The molecule has 2 unspecified atom stereocenters. The molecule has 4 saturated carbocycles. The van der Waals surface area contributed by atoms with Gasteiger partial charge in [0, 0.05) is 5.92 Å². The minimum atomic E-state index is -1.05. The maximum absolute atomic E-state index is 12.8. The van der Waals surface area contributed by atoms with Crippen LogP contribution in [-0.4, -0.2) is 44.2 Å². The summed E-state index contributed by atoms with van der Waals surface area (Å²) in [5.74, 6) is -0.394. The number of rotatable bonds is 1. The SMILES string of the molecule is C[C@@H]1CC[C@]2(C(=O)O)CC[C@]3(C)C(=CCC4[C@@]5(C)C[C@@H](O)[C@H](O)C(C)(C)C5CC[C@]43C)[C@@H]2[C@]1(C)O. The zero-order chi connectivity index (χ0) is 26.0. The van der Waals surface area contributed by atoms with Crippen LogP contribution in [0.4, 0.5) is 0 Å². The predicted molar refractivity (Wildman–Crippen MR) is 135 cm³/mol. The van der Waals surface area contributed by atoms with Crippen LogP contribution in [-0.2, 0) is 4.79 Å². The fourth-order valence-corrected chi connectivity index (χ4v) is 11.0. The summed E-state index contributed by atoms with van der Waals surface area (Å²) >= 11 is 0. The smallest absolute Gasteiger partial charge is 0.310 e. The van der Waals surface area contributed by atoms with Gasteiger partial charge in [0.25, 0.3) is 0 Å². The van der Waals surface area contributed by atoms with Crippen LogP contribution in [0.25, 0.3) is 0 Å². The molecule has 5 heteroatoms. The van der Waals surface area contributed by atoms with Gasteiger partial charge in [-0.3, -0.25) is 4.79 Å². The number of hydrogen-bond acceptors (Lipinski definition) is 4. The van der Waals surface area contributed by atoms with Crippen LogP contribution < -0.4 is 0 Å². The summed E-state index contributed by atoms with van der Waals surface area (Å²) in [7, 11) is 0. The summed E-state index contributed by atoms with van der Waals surface area (Å²) in [5, 5.41) is 44.3. The van der Waals surface area contributed by atoms with Crippen molar-refractivity contribution in [2.24, 2.45) is 50.7 Å². The normalized spacial score (nSPS) is 57.1. The number of carbonyl (C=O) groups is 1. The molecule has 0 amide bonds. The van der Waals surface area contributed by atoms with Gasteiger partial charge in [0.05, 0.1) is 23.2 Å². The number of carboxylic acid groups (broad SMARTS) is 1. The highest BCUT2D eigenvalue weighted by Crippen LogP contribution is 2.76. The first-order chi connectivity index (χ1) is 16.0. The first kappa shape index (κ1) is 25.7. The average Bonchev–Trinajstić information content (AvgIpc) is 2.75. The number of aliphatic hydroxyl groups is 3. The van der Waals surface area contributed by atoms with Gasteiger partial charge in [-0.05, 0) is 97.7 Å². The Hall–Kier alpha value is -0.910. The van der Waals surface area contributed by atoms with E-state index in [0.717, 1.165) is 32.1 Å². The van der Waals surface area contributed by atoms with Gasteiger partial charge in [-0.1, -0.05) is 53.2 Å². The Balaban J connectivity index is 1.65. The van der Waals surface area contributed by atoms with Crippen molar-refractivity contribution >= 4 is 5.97 Å². The third kappa shape index (κ3) is 2.90. The summed E-state index contributed by atoms with van der Waals surface area (Å²) in [5.41, 5.74) is -1.46. The third-order valence-electron chi connectivity index (χ3n) is 13.4. The van der Waals surface area contributed by atoms with Gasteiger partial charge in [0.15, 0.2) is 0 Å². The van der Waals surface area contributed by atoms with Crippen molar-refractivity contribution in [2.75, 3.05) is 0 Å². The first-order valence-corrected chi connectivity index (χ1v) is 14.0. The molecule has 5 aliphatic carbocycles. The van der Waals surface area contributed by atoms with Crippen LogP contribution >= 0.6 is 0 Å². The van der Waals surface area contributed by atoms with Crippen LogP contribution in [0, 0.1) is 50.7 Å². The quantitative estimate of drug-likeness (QED) is 0.382. The summed E-state index contributed by atoms with van der Waals surface area (Å²) in [6.07, 6.45) is 7.21. The molecule has 0 bridgehead atoms. The second-order valence-electron chi connectivity index (χ2n) is 14.9. The van der Waals surface area contributed by atoms with Crippen LogP contribution in [0.1, 0.15) is 99.8 Å². The van der Waals surface area contributed by atoms with E-state index in [1.807, 2.05) is 6.92 Å². The van der Waals surface area contributed by atoms with Crippen molar-refractivity contribution in [3.63, 3.8) is 0 Å². The van der Waals surface area contributed by atoms with E-state index in [1.54, 1.807) is 0 Å². The highest BCUT2D eigenvalue weighted by atomic mass is 16.4. The maximum atomic E-state index is 12.8. The fraction of sp³-hybridized carbons (Fsp3) is 0.900. The summed E-state index contributed by atoms with van der Waals surface area (Å²) in [6, 6.07) is 0. The lowest BCUT2D eigenvalue weighted by molar-refractivity contribution is -0.237. The van der Waals surface area contributed by atoms with Crippen LogP contribution in [0.2, 0.25) is 0 Å². The summed E-state index contributed by atoms with van der Waals surface area (Å²) in [4.78, 5) is 12.8. The minimum Gasteiger partial charge on any atom is -0.481 e. The molecule has 5 aliphatic rings. The van der Waals surface area contributed by atoms with Crippen molar-refractivity contribution in [2.45, 2.75) is 118 Å². The average molecular weight is 489 g/mol. The van der Waals surface area contributed by atoms with Crippen molar-refractivity contribution in [3.05, 3.63) is 11.6 Å². The number of hydrogen-bond donors (Lipinski definition) is 4. The van der Waals surface area contributed by atoms with Gasteiger partial charge in [-0.25, -0.2) is 0 Å². The molecule has 5 nitrogen and oxygen atoms in total. The summed E-state index contributed by atoms with van der Waals surface area (Å²) in [6.45, 7) is 15.3. The molecule has 0 aliphatic heterocycles. The molecular weight excluding hydrogens is 440 g/mol. The van der Waals surface area contributed by atoms with Gasteiger partial charge >= 0.3 is 5.97 Å². The molecule has 0 saturated heterocycles. The van der Waals surface area contributed by atoms with Gasteiger partial charge in [-0.2, -0.15) is 0 Å². The minimum absolute atomic E-state index is 0.0535. The van der Waals surface area contributed by atoms with Gasteiger partial charge in [0.2, 0.25) is 0 Å². The lowest BCUT2D eigenvalue weighted by Gasteiger charge is -2.72. The Kier molecular flexibility index (Phi) is 5.40. The number of allylic oxidation sites excluding steroid dienone is 1. The highest BCUT2D eigenvalue weighted by molar-refractivity contribution is 5.77. The van der Waals surface area contributed by atoms with Crippen molar-refractivity contribution < 1.29 is 25.2 Å². The first-order valence-electron chi connectivity index (χ1n) is 14.0. The largest absolute Gasteiger partial charge is 0.481 e. The molecule has 0 aromatic carbocycles. The molecule has 0 radical (unpaired) electrons. The Morgan fingerprint density at radius 2 is 1.60 bits per heavy atom. The summed E-state index contributed by atoms with van der Waals surface area (Å²) < 4.78 is 0. The second kappa shape index (κ2) is 7.35. The van der Waals surface area contributed by atoms with Gasteiger partial charge in [-0.15, -0.1) is 0 Å². The van der Waals surface area contributed by atoms with E-state index in [4.69, 9.17) is 0 Å². The van der Waals surface area contributed by atoms with Crippen LogP contribution in [0.5, 0.6) is 0 Å². The standard InChI is InChI=1S/C30H48O5/c1-17-10-13-30(24(33)34)15-14-27(5)18(22(30)29(17,7)35)8-9-21-26(4)16-19(31)23(32)25(2,3)20(26)11-12-28(21,27)6/h8,17,19-23,31-32,35H,9-16H2,1-7H3,(H,33,34)/t17-,19-,20?,21?,22-,23+,26+,27-,28-,29-,30+/m1/s1. The van der Waals surface area contributed by atoms with E-state index in [2.05, 4.69) is 47.6 Å². The Morgan fingerprint density at radius 3 is 2.23 bits per heavy atom. The Labute approximate surface area is 211 Å². The molecule has 0 spiro atoms. The molecule has 0 aromatic heterocycles. The molecule has 198 valence electrons. The topological polar surface area (TPSA) is 98.0 Å². The highest BCUT2D eigenvalue weighted by Gasteiger charge is 2.71. The lowest BCUT2D eigenvalue weighted by Crippen LogP contribution is -2.68. The van der Waals surface area contributed by atoms with E-state index in [0.29, 0.717) is 31.1 Å². The number of fused-ring (bicyclic) bond motifs is 7. The van der Waals surface area contributed by atoms with Crippen LogP contribution in [0.15, 0.2) is 11.6 Å².